The molecule has 1 heterocycles. The van der Waals surface area contributed by atoms with Crippen molar-refractivity contribution in [1.82, 2.24) is 10.2 Å². The first-order valence-corrected chi connectivity index (χ1v) is 12.5. The lowest BCUT2D eigenvalue weighted by atomic mass is 9.56. The van der Waals surface area contributed by atoms with E-state index in [9.17, 15) is 18.4 Å². The van der Waals surface area contributed by atoms with Crippen molar-refractivity contribution in [2.75, 3.05) is 19.7 Å². The fraction of sp³-hybridized carbons (Fsp3) is 0.692. The lowest BCUT2D eigenvalue weighted by molar-refractivity contribution is -0.140. The molecular formula is C26H34F2N2O3. The summed E-state index contributed by atoms with van der Waals surface area (Å²) in [5.74, 6) is -1.18. The van der Waals surface area contributed by atoms with Crippen molar-refractivity contribution in [3.8, 4) is 5.75 Å². The summed E-state index contributed by atoms with van der Waals surface area (Å²) in [6.07, 6.45) is 10.2. The molecule has 1 spiro atoms. The van der Waals surface area contributed by atoms with Gasteiger partial charge in [0.2, 0.25) is 5.91 Å². The summed E-state index contributed by atoms with van der Waals surface area (Å²) in [5.41, 5.74) is 0.0579. The molecule has 1 aliphatic heterocycles. The van der Waals surface area contributed by atoms with Crippen molar-refractivity contribution < 1.29 is 23.1 Å². The molecule has 1 aromatic carbocycles. The first-order chi connectivity index (χ1) is 15.8. The number of benzene rings is 1. The van der Waals surface area contributed by atoms with Gasteiger partial charge in [-0.05, 0) is 81.6 Å². The lowest BCUT2D eigenvalue weighted by Crippen LogP contribution is -2.50. The van der Waals surface area contributed by atoms with Crippen LogP contribution in [0.25, 0.3) is 0 Å². The number of carbonyl (C=O) groups is 2. The fourth-order valence-corrected chi connectivity index (χ4v) is 5.60. The van der Waals surface area contributed by atoms with Crippen LogP contribution in [0.5, 0.6) is 5.75 Å². The van der Waals surface area contributed by atoms with Crippen molar-refractivity contribution >= 4 is 11.8 Å². The average Bonchev–Trinajstić information content (AvgIpc) is 3.70. The zero-order valence-corrected chi connectivity index (χ0v) is 19.4. The smallest absolute Gasteiger partial charge is 0.254 e. The number of ether oxygens (including phenoxy) is 1. The minimum absolute atomic E-state index is 0.0710. The number of amides is 2. The maximum absolute atomic E-state index is 14.3. The Morgan fingerprint density at radius 2 is 1.79 bits per heavy atom. The zero-order valence-electron chi connectivity index (χ0n) is 19.4. The van der Waals surface area contributed by atoms with E-state index in [1.165, 1.54) is 12.8 Å². The third kappa shape index (κ3) is 4.87. The van der Waals surface area contributed by atoms with Crippen LogP contribution >= 0.6 is 0 Å². The molecule has 5 rings (SSSR count). The van der Waals surface area contributed by atoms with Crippen LogP contribution in [0.4, 0.5) is 8.78 Å². The molecule has 7 heteroatoms. The highest BCUT2D eigenvalue weighted by Gasteiger charge is 2.50. The van der Waals surface area contributed by atoms with Gasteiger partial charge in [0.1, 0.15) is 5.82 Å². The zero-order chi connectivity index (χ0) is 23.2. The number of nitrogens with zero attached hydrogens (tertiary/aromatic N) is 1. The van der Waals surface area contributed by atoms with Crippen molar-refractivity contribution in [3.05, 3.63) is 29.3 Å². The molecular weight excluding hydrogens is 426 g/mol. The summed E-state index contributed by atoms with van der Waals surface area (Å²) in [6, 6.07) is 1.99. The van der Waals surface area contributed by atoms with E-state index in [4.69, 9.17) is 4.74 Å². The van der Waals surface area contributed by atoms with Gasteiger partial charge in [-0.3, -0.25) is 9.59 Å². The third-order valence-electron chi connectivity index (χ3n) is 8.26. The minimum Gasteiger partial charge on any atom is -0.490 e. The molecule has 5 nitrogen and oxygen atoms in total. The van der Waals surface area contributed by atoms with Gasteiger partial charge in [0.25, 0.3) is 5.91 Å². The summed E-state index contributed by atoms with van der Waals surface area (Å²) in [4.78, 5) is 26.6. The van der Waals surface area contributed by atoms with E-state index in [0.717, 1.165) is 76.6 Å². The Labute approximate surface area is 194 Å². The van der Waals surface area contributed by atoms with Crippen LogP contribution in [0.15, 0.2) is 12.1 Å². The lowest BCUT2D eigenvalue weighted by Gasteiger charge is -2.52. The molecule has 1 saturated heterocycles. The van der Waals surface area contributed by atoms with Gasteiger partial charge < -0.3 is 15.0 Å². The molecule has 3 saturated carbocycles. The van der Waals surface area contributed by atoms with Gasteiger partial charge in [0.15, 0.2) is 11.6 Å². The van der Waals surface area contributed by atoms with Crippen molar-refractivity contribution in [2.24, 2.45) is 16.7 Å². The SMILES string of the molecule is CC1(C(=O)N2CCC3(CC2)CC(CCCOc2cc(F)c(C(=O)NC4CC4)cc2F)C3)CC1. The highest BCUT2D eigenvalue weighted by atomic mass is 19.1. The number of nitrogens with one attached hydrogen (secondary N) is 1. The van der Waals surface area contributed by atoms with Crippen LogP contribution in [0.2, 0.25) is 0 Å². The molecule has 1 aromatic rings. The Morgan fingerprint density at radius 1 is 1.09 bits per heavy atom. The van der Waals surface area contributed by atoms with Crippen molar-refractivity contribution in [1.29, 1.82) is 0 Å². The van der Waals surface area contributed by atoms with Crippen LogP contribution < -0.4 is 10.1 Å². The monoisotopic (exact) mass is 460 g/mol. The normalized spacial score (nSPS) is 23.2. The Kier molecular flexibility index (Phi) is 5.86. The maximum atomic E-state index is 14.3. The Bertz CT molecular complexity index is 926. The largest absolute Gasteiger partial charge is 0.490 e. The maximum Gasteiger partial charge on any atom is 0.254 e. The standard InChI is InChI=1S/C26H34F2N2O3/c1-25(6-7-25)24(32)30-10-8-26(9-11-30)15-17(16-26)3-2-12-33-22-14-20(27)19(13-21(22)28)23(31)29-18-4-5-18/h13-14,17-18H,2-12,15-16H2,1H3,(H,29,31). The van der Waals surface area contributed by atoms with Crippen LogP contribution in [0, 0.1) is 28.4 Å². The summed E-state index contributed by atoms with van der Waals surface area (Å²) in [7, 11) is 0. The Hall–Kier alpha value is -2.18. The van der Waals surface area contributed by atoms with E-state index in [0.29, 0.717) is 23.8 Å². The number of likely N-dealkylation sites (tertiary alicyclic amines) is 1. The van der Waals surface area contributed by atoms with Gasteiger partial charge in [-0.15, -0.1) is 0 Å². The van der Waals surface area contributed by atoms with Crippen LogP contribution in [-0.2, 0) is 4.79 Å². The molecule has 1 N–H and O–H groups in total. The second kappa shape index (κ2) is 8.55. The Balaban J connectivity index is 1.02. The van der Waals surface area contributed by atoms with Gasteiger partial charge >= 0.3 is 0 Å². The molecule has 4 fully saturated rings. The van der Waals surface area contributed by atoms with E-state index in [2.05, 4.69) is 17.1 Å². The number of piperidine rings is 1. The minimum atomic E-state index is -0.758. The van der Waals surface area contributed by atoms with E-state index in [-0.39, 0.29) is 22.8 Å². The van der Waals surface area contributed by atoms with Gasteiger partial charge in [-0.2, -0.15) is 0 Å². The van der Waals surface area contributed by atoms with E-state index in [1.807, 2.05) is 0 Å². The summed E-state index contributed by atoms with van der Waals surface area (Å²) >= 11 is 0. The fourth-order valence-electron chi connectivity index (χ4n) is 5.60. The van der Waals surface area contributed by atoms with Crippen LogP contribution in [0.3, 0.4) is 0 Å². The quantitative estimate of drug-likeness (QED) is 0.565. The van der Waals surface area contributed by atoms with Gasteiger partial charge in [-0.25, -0.2) is 8.78 Å². The van der Waals surface area contributed by atoms with Gasteiger partial charge in [-0.1, -0.05) is 6.92 Å². The van der Waals surface area contributed by atoms with Gasteiger partial charge in [0.05, 0.1) is 12.2 Å². The molecule has 0 unspecified atom stereocenters. The molecule has 0 bridgehead atoms. The Morgan fingerprint density at radius 3 is 2.42 bits per heavy atom. The molecule has 3 aliphatic carbocycles. The van der Waals surface area contributed by atoms with E-state index >= 15 is 0 Å². The highest BCUT2D eigenvalue weighted by molar-refractivity contribution is 5.95. The number of carbonyl (C=O) groups excluding carboxylic acids is 2. The van der Waals surface area contributed by atoms with E-state index < -0.39 is 17.5 Å². The second-order valence-electron chi connectivity index (χ2n) is 11.1. The molecule has 180 valence electrons. The highest BCUT2D eigenvalue weighted by Crippen LogP contribution is 2.55. The molecule has 33 heavy (non-hydrogen) atoms. The predicted molar refractivity (Wildman–Crippen MR) is 120 cm³/mol. The first kappa shape index (κ1) is 22.6. The summed E-state index contributed by atoms with van der Waals surface area (Å²) < 4.78 is 34.1. The first-order valence-electron chi connectivity index (χ1n) is 12.5. The number of rotatable bonds is 8. The number of halogens is 2. The number of hydrogen-bond acceptors (Lipinski definition) is 3. The summed E-state index contributed by atoms with van der Waals surface area (Å²) in [6.45, 7) is 4.20. The van der Waals surface area contributed by atoms with Crippen molar-refractivity contribution in [2.45, 2.75) is 77.2 Å². The van der Waals surface area contributed by atoms with Gasteiger partial charge in [0, 0.05) is 30.6 Å². The molecule has 2 amide bonds. The molecule has 0 atom stereocenters. The molecule has 4 aliphatic rings. The topological polar surface area (TPSA) is 58.6 Å². The molecule has 0 radical (unpaired) electrons. The van der Waals surface area contributed by atoms with E-state index in [1.54, 1.807) is 0 Å². The van der Waals surface area contributed by atoms with Crippen LogP contribution in [0.1, 0.15) is 81.5 Å². The number of hydrogen-bond donors (Lipinski definition) is 1. The molecule has 0 aromatic heterocycles. The predicted octanol–water partition coefficient (Wildman–Crippen LogP) is 4.83. The average molecular weight is 461 g/mol. The second-order valence-corrected chi connectivity index (χ2v) is 11.1. The third-order valence-corrected chi connectivity index (χ3v) is 8.26. The van der Waals surface area contributed by atoms with Crippen LogP contribution in [-0.4, -0.2) is 42.5 Å². The summed E-state index contributed by atoms with van der Waals surface area (Å²) in [5, 5.41) is 2.67. The van der Waals surface area contributed by atoms with Crippen molar-refractivity contribution in [3.63, 3.8) is 0 Å².